The molecular weight excluding hydrogens is 362 g/mol. The molecule has 2 atom stereocenters. The third kappa shape index (κ3) is 9.22. The molecule has 0 saturated heterocycles. The number of ether oxygens (including phenoxy) is 1. The Kier molecular flexibility index (Phi) is 8.72. The fourth-order valence-electron chi connectivity index (χ4n) is 2.43. The van der Waals surface area contributed by atoms with E-state index in [4.69, 9.17) is 21.9 Å². The number of carboxylic acids is 1. The Morgan fingerprint density at radius 1 is 1.21 bits per heavy atom. The first-order valence-corrected chi connectivity index (χ1v) is 9.10. The van der Waals surface area contributed by atoms with Crippen molar-refractivity contribution >= 4 is 17.8 Å². The van der Waals surface area contributed by atoms with Crippen molar-refractivity contribution in [3.05, 3.63) is 29.8 Å². The van der Waals surface area contributed by atoms with Crippen LogP contribution in [0.4, 0.5) is 0 Å². The van der Waals surface area contributed by atoms with Crippen molar-refractivity contribution in [1.29, 1.82) is 0 Å². The summed E-state index contributed by atoms with van der Waals surface area (Å²) in [5.74, 6) is -0.990. The van der Waals surface area contributed by atoms with Gasteiger partial charge in [-0.15, -0.1) is 0 Å². The topological polar surface area (TPSA) is 166 Å². The number of nitrogens with two attached hydrogens (primary N) is 3. The van der Waals surface area contributed by atoms with Crippen LogP contribution in [0.2, 0.25) is 0 Å². The predicted molar refractivity (Wildman–Crippen MR) is 108 cm³/mol. The van der Waals surface area contributed by atoms with E-state index in [0.29, 0.717) is 6.42 Å². The number of benzene rings is 1. The van der Waals surface area contributed by atoms with Gasteiger partial charge >= 0.3 is 5.97 Å². The smallest absolute Gasteiger partial charge is 0.326 e. The maximum atomic E-state index is 12.3. The summed E-state index contributed by atoms with van der Waals surface area (Å²) >= 11 is 0. The van der Waals surface area contributed by atoms with Crippen LogP contribution < -0.4 is 27.3 Å². The number of aliphatic imine (C=N–C) groups is 1. The van der Waals surface area contributed by atoms with E-state index < -0.39 is 24.0 Å². The largest absolute Gasteiger partial charge is 0.488 e. The Labute approximate surface area is 165 Å². The monoisotopic (exact) mass is 393 g/mol. The molecule has 0 radical (unpaired) electrons. The van der Waals surface area contributed by atoms with Crippen LogP contribution in [0.25, 0.3) is 0 Å². The third-order valence-corrected chi connectivity index (χ3v) is 3.70. The van der Waals surface area contributed by atoms with Crippen molar-refractivity contribution in [3.8, 4) is 5.75 Å². The van der Waals surface area contributed by atoms with E-state index >= 15 is 0 Å². The van der Waals surface area contributed by atoms with Crippen molar-refractivity contribution < 1.29 is 19.4 Å². The molecule has 28 heavy (non-hydrogen) atoms. The summed E-state index contributed by atoms with van der Waals surface area (Å²) < 4.78 is 5.75. The maximum Gasteiger partial charge on any atom is 0.326 e. The van der Waals surface area contributed by atoms with E-state index in [0.717, 1.165) is 11.3 Å². The van der Waals surface area contributed by atoms with Gasteiger partial charge in [0.2, 0.25) is 5.91 Å². The Hall–Kier alpha value is -2.81. The lowest BCUT2D eigenvalue weighted by Gasteiger charge is -2.21. The first-order valence-electron chi connectivity index (χ1n) is 9.10. The van der Waals surface area contributed by atoms with E-state index in [2.05, 4.69) is 10.3 Å². The number of aliphatic carboxylic acids is 1. The minimum atomic E-state index is -1.13. The van der Waals surface area contributed by atoms with Gasteiger partial charge in [0.15, 0.2) is 5.96 Å². The van der Waals surface area contributed by atoms with Crippen molar-refractivity contribution in [3.63, 3.8) is 0 Å². The zero-order valence-electron chi connectivity index (χ0n) is 16.6. The molecule has 0 aliphatic rings. The fraction of sp³-hybridized carbons (Fsp3) is 0.526. The average molecular weight is 393 g/mol. The standard InChI is InChI=1S/C19H31N5O4/c1-19(2,3)28-13-8-6-12(7-9-13)11-14(20)16(25)24-15(17(26)27)5-4-10-23-18(21)22/h6-9,14-15H,4-5,10-11,20H2,1-3H3,(H,24,25)(H,26,27)(H4,21,22,23)/t14-,15+/m0/s1. The van der Waals surface area contributed by atoms with Crippen molar-refractivity contribution in [1.82, 2.24) is 5.32 Å². The summed E-state index contributed by atoms with van der Waals surface area (Å²) in [4.78, 5) is 27.4. The van der Waals surface area contributed by atoms with E-state index in [-0.39, 0.29) is 30.9 Å². The van der Waals surface area contributed by atoms with Gasteiger partial charge in [-0.3, -0.25) is 9.79 Å². The number of nitrogens with zero attached hydrogens (tertiary/aromatic N) is 1. The van der Waals surface area contributed by atoms with E-state index in [9.17, 15) is 14.7 Å². The zero-order chi connectivity index (χ0) is 21.3. The van der Waals surface area contributed by atoms with Crippen LogP contribution in [0.5, 0.6) is 5.75 Å². The Balaban J connectivity index is 2.57. The summed E-state index contributed by atoms with van der Waals surface area (Å²) in [5, 5.41) is 11.7. The van der Waals surface area contributed by atoms with Gasteiger partial charge in [0.25, 0.3) is 0 Å². The highest BCUT2D eigenvalue weighted by molar-refractivity contribution is 5.87. The van der Waals surface area contributed by atoms with Gasteiger partial charge in [-0.25, -0.2) is 4.79 Å². The lowest BCUT2D eigenvalue weighted by molar-refractivity contribution is -0.142. The van der Waals surface area contributed by atoms with Gasteiger partial charge in [-0.05, 0) is 57.7 Å². The van der Waals surface area contributed by atoms with Crippen molar-refractivity contribution in [2.24, 2.45) is 22.2 Å². The SMILES string of the molecule is CC(C)(C)Oc1ccc(C[C@H](N)C(=O)N[C@H](CCCN=C(N)N)C(=O)O)cc1. The molecule has 0 aromatic heterocycles. The van der Waals surface area contributed by atoms with Crippen molar-refractivity contribution in [2.75, 3.05) is 6.54 Å². The molecule has 9 heteroatoms. The van der Waals surface area contributed by atoms with Gasteiger partial charge in [0.1, 0.15) is 17.4 Å². The summed E-state index contributed by atoms with van der Waals surface area (Å²) in [6, 6.07) is 5.38. The molecule has 156 valence electrons. The molecule has 0 aliphatic heterocycles. The summed E-state index contributed by atoms with van der Waals surface area (Å²) in [7, 11) is 0. The molecule has 8 N–H and O–H groups in total. The minimum absolute atomic E-state index is 0.0585. The second-order valence-electron chi connectivity index (χ2n) is 7.52. The van der Waals surface area contributed by atoms with Crippen LogP contribution in [0.1, 0.15) is 39.2 Å². The molecule has 1 rings (SSSR count). The van der Waals surface area contributed by atoms with Crippen LogP contribution in [0.15, 0.2) is 29.3 Å². The number of hydrogen-bond donors (Lipinski definition) is 5. The molecule has 0 spiro atoms. The van der Waals surface area contributed by atoms with Crippen LogP contribution in [-0.4, -0.2) is 47.2 Å². The minimum Gasteiger partial charge on any atom is -0.488 e. The summed E-state index contributed by atoms with van der Waals surface area (Å²) in [5.41, 5.74) is 16.9. The highest BCUT2D eigenvalue weighted by Gasteiger charge is 2.23. The van der Waals surface area contributed by atoms with E-state index in [1.165, 1.54) is 0 Å². The highest BCUT2D eigenvalue weighted by Crippen LogP contribution is 2.19. The molecule has 0 bridgehead atoms. The van der Waals surface area contributed by atoms with Crippen LogP contribution in [0, 0.1) is 0 Å². The molecule has 0 unspecified atom stereocenters. The molecule has 0 saturated carbocycles. The number of carbonyl (C=O) groups excluding carboxylic acids is 1. The van der Waals surface area contributed by atoms with Gasteiger partial charge < -0.3 is 32.4 Å². The van der Waals surface area contributed by atoms with E-state index in [1.54, 1.807) is 0 Å². The van der Waals surface area contributed by atoms with Gasteiger partial charge in [-0.1, -0.05) is 12.1 Å². The van der Waals surface area contributed by atoms with Crippen LogP contribution in [-0.2, 0) is 16.0 Å². The molecule has 0 heterocycles. The first-order chi connectivity index (χ1) is 13.0. The fourth-order valence-corrected chi connectivity index (χ4v) is 2.43. The molecule has 9 nitrogen and oxygen atoms in total. The third-order valence-electron chi connectivity index (χ3n) is 3.70. The molecule has 1 aromatic carbocycles. The summed E-state index contributed by atoms with van der Waals surface area (Å²) in [6.45, 7) is 6.16. The van der Waals surface area contributed by atoms with E-state index in [1.807, 2.05) is 45.0 Å². The number of rotatable bonds is 10. The number of hydrogen-bond acceptors (Lipinski definition) is 5. The van der Waals surface area contributed by atoms with Crippen LogP contribution >= 0.6 is 0 Å². The predicted octanol–water partition coefficient (Wildman–Crippen LogP) is 0.357. The molecule has 1 aromatic rings. The number of amides is 1. The molecule has 1 amide bonds. The van der Waals surface area contributed by atoms with Gasteiger partial charge in [0.05, 0.1) is 6.04 Å². The maximum absolute atomic E-state index is 12.3. The molecular formula is C19H31N5O4. The lowest BCUT2D eigenvalue weighted by atomic mass is 10.0. The average Bonchev–Trinajstić information content (AvgIpc) is 2.57. The Morgan fingerprint density at radius 2 is 1.82 bits per heavy atom. The lowest BCUT2D eigenvalue weighted by Crippen LogP contribution is -2.49. The number of carboxylic acid groups (broad SMARTS) is 1. The zero-order valence-corrected chi connectivity index (χ0v) is 16.6. The van der Waals surface area contributed by atoms with Crippen LogP contribution in [0.3, 0.4) is 0 Å². The second-order valence-corrected chi connectivity index (χ2v) is 7.52. The molecule has 0 aliphatic carbocycles. The quantitative estimate of drug-likeness (QED) is 0.217. The van der Waals surface area contributed by atoms with Gasteiger partial charge in [-0.2, -0.15) is 0 Å². The molecule has 0 fully saturated rings. The first kappa shape index (κ1) is 23.2. The Bertz CT molecular complexity index is 679. The highest BCUT2D eigenvalue weighted by atomic mass is 16.5. The number of guanidine groups is 1. The Morgan fingerprint density at radius 3 is 2.32 bits per heavy atom. The number of carbonyl (C=O) groups is 2. The summed E-state index contributed by atoms with van der Waals surface area (Å²) in [6.07, 6.45) is 0.894. The van der Waals surface area contributed by atoms with Gasteiger partial charge in [0, 0.05) is 6.54 Å². The van der Waals surface area contributed by atoms with Crippen molar-refractivity contribution in [2.45, 2.75) is 57.7 Å². The normalized spacial score (nSPS) is 13.3. The number of nitrogens with one attached hydrogen (secondary N) is 1. The second kappa shape index (κ2) is 10.5.